The van der Waals surface area contributed by atoms with Crippen LogP contribution in [0.15, 0.2) is 41.5 Å². The highest BCUT2D eigenvalue weighted by molar-refractivity contribution is 5.85. The summed E-state index contributed by atoms with van der Waals surface area (Å²) in [7, 11) is 1.72. The number of nitrogens with zero attached hydrogens (tertiary/aromatic N) is 3. The van der Waals surface area contributed by atoms with Crippen molar-refractivity contribution in [3.8, 4) is 5.75 Å². The maximum Gasteiger partial charge on any atom is 0.293 e. The van der Waals surface area contributed by atoms with E-state index < -0.39 is 0 Å². The number of rotatable bonds is 3. The number of anilines is 1. The Labute approximate surface area is 151 Å². The number of aromatic nitrogens is 2. The molecule has 1 fully saturated rings. The van der Waals surface area contributed by atoms with E-state index in [4.69, 9.17) is 4.74 Å². The SMILES string of the molecule is Cn1ccnc(N2CCC[C@@H](NC(=O)[C@@H]3COc4ccccc43)C2)c1=O. The third-order valence-corrected chi connectivity index (χ3v) is 5.08. The minimum atomic E-state index is -0.274. The van der Waals surface area contributed by atoms with Gasteiger partial charge in [-0.05, 0) is 18.9 Å². The number of fused-ring (bicyclic) bond motifs is 1. The van der Waals surface area contributed by atoms with E-state index in [-0.39, 0.29) is 23.4 Å². The van der Waals surface area contributed by atoms with Gasteiger partial charge in [0, 0.05) is 44.1 Å². The first-order valence-corrected chi connectivity index (χ1v) is 8.92. The van der Waals surface area contributed by atoms with Crippen LogP contribution in [0.25, 0.3) is 0 Å². The summed E-state index contributed by atoms with van der Waals surface area (Å²) in [4.78, 5) is 31.3. The van der Waals surface area contributed by atoms with Crippen LogP contribution >= 0.6 is 0 Å². The van der Waals surface area contributed by atoms with E-state index in [0.29, 0.717) is 19.0 Å². The molecule has 2 aliphatic rings. The van der Waals surface area contributed by atoms with Crippen LogP contribution in [0.1, 0.15) is 24.3 Å². The van der Waals surface area contributed by atoms with Crippen molar-refractivity contribution in [2.75, 3.05) is 24.6 Å². The summed E-state index contributed by atoms with van der Waals surface area (Å²) in [5.74, 6) is 0.943. The minimum Gasteiger partial charge on any atom is -0.492 e. The van der Waals surface area contributed by atoms with Gasteiger partial charge < -0.3 is 19.5 Å². The lowest BCUT2D eigenvalue weighted by molar-refractivity contribution is -0.123. The number of piperidine rings is 1. The number of hydrogen-bond donors (Lipinski definition) is 1. The van der Waals surface area contributed by atoms with Gasteiger partial charge in [-0.2, -0.15) is 0 Å². The molecule has 0 spiro atoms. The predicted octanol–water partition coefficient (Wildman–Crippen LogP) is 1.04. The van der Waals surface area contributed by atoms with Crippen molar-refractivity contribution < 1.29 is 9.53 Å². The molecule has 4 rings (SSSR count). The van der Waals surface area contributed by atoms with Crippen LogP contribution < -0.4 is 20.5 Å². The van der Waals surface area contributed by atoms with E-state index in [9.17, 15) is 9.59 Å². The number of hydrogen-bond acceptors (Lipinski definition) is 5. The number of para-hydroxylation sites is 1. The van der Waals surface area contributed by atoms with E-state index in [1.807, 2.05) is 29.2 Å². The second kappa shape index (κ2) is 6.82. The van der Waals surface area contributed by atoms with E-state index >= 15 is 0 Å². The third-order valence-electron chi connectivity index (χ3n) is 5.08. The highest BCUT2D eigenvalue weighted by Gasteiger charge is 2.32. The van der Waals surface area contributed by atoms with Gasteiger partial charge in [0.1, 0.15) is 18.3 Å². The van der Waals surface area contributed by atoms with Gasteiger partial charge in [-0.1, -0.05) is 18.2 Å². The first kappa shape index (κ1) is 16.6. The second-order valence-electron chi connectivity index (χ2n) is 6.86. The Bertz CT molecular complexity index is 879. The van der Waals surface area contributed by atoms with Gasteiger partial charge in [-0.25, -0.2) is 4.98 Å². The Morgan fingerprint density at radius 1 is 1.35 bits per heavy atom. The molecule has 2 aromatic rings. The molecule has 1 N–H and O–H groups in total. The van der Waals surface area contributed by atoms with Crippen molar-refractivity contribution in [1.29, 1.82) is 0 Å². The summed E-state index contributed by atoms with van der Waals surface area (Å²) in [5, 5.41) is 3.14. The fourth-order valence-corrected chi connectivity index (χ4v) is 3.67. The molecule has 136 valence electrons. The Kier molecular flexibility index (Phi) is 4.36. The normalized spacial score (nSPS) is 21.8. The van der Waals surface area contributed by atoms with Gasteiger partial charge >= 0.3 is 0 Å². The van der Waals surface area contributed by atoms with Crippen molar-refractivity contribution >= 4 is 11.7 Å². The van der Waals surface area contributed by atoms with Gasteiger partial charge in [0.25, 0.3) is 5.56 Å². The molecule has 7 heteroatoms. The number of ether oxygens (including phenoxy) is 1. The summed E-state index contributed by atoms with van der Waals surface area (Å²) in [6, 6.07) is 7.66. The lowest BCUT2D eigenvalue weighted by Gasteiger charge is -2.34. The van der Waals surface area contributed by atoms with Gasteiger partial charge in [0.15, 0.2) is 5.82 Å². The molecule has 2 aliphatic heterocycles. The molecule has 7 nitrogen and oxygen atoms in total. The molecule has 1 saturated heterocycles. The van der Waals surface area contributed by atoms with Crippen LogP contribution in [0.5, 0.6) is 5.75 Å². The quantitative estimate of drug-likeness (QED) is 0.891. The van der Waals surface area contributed by atoms with Crippen molar-refractivity contribution in [3.05, 3.63) is 52.6 Å². The molecular formula is C19H22N4O3. The maximum atomic E-state index is 12.7. The average molecular weight is 354 g/mol. The lowest BCUT2D eigenvalue weighted by atomic mass is 9.99. The Morgan fingerprint density at radius 2 is 2.19 bits per heavy atom. The third kappa shape index (κ3) is 3.05. The van der Waals surface area contributed by atoms with Crippen LogP contribution in [0.3, 0.4) is 0 Å². The Morgan fingerprint density at radius 3 is 3.08 bits per heavy atom. The Balaban J connectivity index is 1.45. The molecule has 0 bridgehead atoms. The fourth-order valence-electron chi connectivity index (χ4n) is 3.67. The van der Waals surface area contributed by atoms with Crippen LogP contribution in [0, 0.1) is 0 Å². The first-order chi connectivity index (χ1) is 12.6. The van der Waals surface area contributed by atoms with Crippen molar-refractivity contribution in [3.63, 3.8) is 0 Å². The zero-order chi connectivity index (χ0) is 18.1. The van der Waals surface area contributed by atoms with E-state index in [1.54, 1.807) is 19.4 Å². The zero-order valence-corrected chi connectivity index (χ0v) is 14.7. The van der Waals surface area contributed by atoms with Crippen LogP contribution in [0.2, 0.25) is 0 Å². The molecule has 1 aromatic carbocycles. The molecule has 0 saturated carbocycles. The van der Waals surface area contributed by atoms with Gasteiger partial charge in [-0.15, -0.1) is 0 Å². The smallest absolute Gasteiger partial charge is 0.293 e. The van der Waals surface area contributed by atoms with Crippen molar-refractivity contribution in [2.45, 2.75) is 24.8 Å². The molecule has 0 radical (unpaired) electrons. The van der Waals surface area contributed by atoms with E-state index in [0.717, 1.165) is 30.7 Å². The topological polar surface area (TPSA) is 76.5 Å². The highest BCUT2D eigenvalue weighted by atomic mass is 16.5. The fraction of sp³-hybridized carbons (Fsp3) is 0.421. The average Bonchev–Trinajstić information content (AvgIpc) is 3.08. The van der Waals surface area contributed by atoms with Crippen molar-refractivity contribution in [2.24, 2.45) is 7.05 Å². The van der Waals surface area contributed by atoms with Gasteiger partial charge in [0.05, 0.1) is 0 Å². The summed E-state index contributed by atoms with van der Waals surface area (Å²) < 4.78 is 7.14. The zero-order valence-electron chi connectivity index (χ0n) is 14.7. The molecule has 3 heterocycles. The molecule has 0 aliphatic carbocycles. The van der Waals surface area contributed by atoms with E-state index in [2.05, 4.69) is 10.3 Å². The summed E-state index contributed by atoms with van der Waals surface area (Å²) in [6.45, 7) is 1.74. The predicted molar refractivity (Wildman–Crippen MR) is 97.5 cm³/mol. The summed E-state index contributed by atoms with van der Waals surface area (Å²) >= 11 is 0. The molecule has 1 amide bonds. The summed E-state index contributed by atoms with van der Waals surface area (Å²) in [6.07, 6.45) is 5.07. The van der Waals surface area contributed by atoms with Gasteiger partial charge in [0.2, 0.25) is 5.91 Å². The first-order valence-electron chi connectivity index (χ1n) is 8.92. The molecular weight excluding hydrogens is 332 g/mol. The molecule has 26 heavy (non-hydrogen) atoms. The minimum absolute atomic E-state index is 0.00396. The second-order valence-corrected chi connectivity index (χ2v) is 6.86. The highest BCUT2D eigenvalue weighted by Crippen LogP contribution is 2.33. The number of aryl methyl sites for hydroxylation is 1. The molecule has 0 unspecified atom stereocenters. The van der Waals surface area contributed by atoms with Crippen LogP contribution in [-0.4, -0.2) is 41.2 Å². The standard InChI is InChI=1S/C19H22N4O3/c1-22-10-8-20-17(19(22)25)23-9-4-5-13(11-23)21-18(24)15-12-26-16-7-3-2-6-14(15)16/h2-3,6-8,10,13,15H,4-5,9,11-12H2,1H3,(H,21,24)/t13-,15-/m1/s1. The van der Waals surface area contributed by atoms with Gasteiger partial charge in [-0.3, -0.25) is 9.59 Å². The number of carbonyl (C=O) groups excluding carboxylic acids is 1. The van der Waals surface area contributed by atoms with E-state index in [1.165, 1.54) is 4.57 Å². The number of amides is 1. The Hall–Kier alpha value is -2.83. The van der Waals surface area contributed by atoms with Crippen molar-refractivity contribution in [1.82, 2.24) is 14.9 Å². The number of benzene rings is 1. The van der Waals surface area contributed by atoms with Crippen LogP contribution in [-0.2, 0) is 11.8 Å². The molecule has 2 atom stereocenters. The monoisotopic (exact) mass is 354 g/mol. The summed E-state index contributed by atoms with van der Waals surface area (Å²) in [5.41, 5.74) is 0.828. The number of carbonyl (C=O) groups is 1. The lowest BCUT2D eigenvalue weighted by Crippen LogP contribution is -2.50. The largest absolute Gasteiger partial charge is 0.492 e. The maximum absolute atomic E-state index is 12.7. The number of nitrogens with one attached hydrogen (secondary N) is 1. The molecule has 1 aromatic heterocycles. The van der Waals surface area contributed by atoms with Crippen LogP contribution in [0.4, 0.5) is 5.82 Å².